The number of ether oxygens (including phenoxy) is 1. The molecule has 17 heavy (non-hydrogen) atoms. The highest BCUT2D eigenvalue weighted by atomic mass is 16.5. The molecule has 0 aromatic rings. The smallest absolute Gasteiger partial charge is 0.302 e. The third-order valence-electron chi connectivity index (χ3n) is 2.55. The number of aliphatic hydroxyl groups excluding tert-OH is 1. The first kappa shape index (κ1) is 13.1. The van der Waals surface area contributed by atoms with Crippen molar-refractivity contribution >= 4 is 5.97 Å². The van der Waals surface area contributed by atoms with E-state index < -0.39 is 30.3 Å². The summed E-state index contributed by atoms with van der Waals surface area (Å²) in [6, 6.07) is -1.29. The molecule has 0 heterocycles. The molecule has 1 aliphatic carbocycles. The highest BCUT2D eigenvalue weighted by Crippen LogP contribution is 2.27. The largest absolute Gasteiger partial charge is 0.462 e. The predicted octanol–water partition coefficient (Wildman–Crippen LogP) is 1.43. The van der Waals surface area contributed by atoms with Gasteiger partial charge in [-0.1, -0.05) is 10.2 Å². The van der Waals surface area contributed by atoms with Crippen molar-refractivity contribution in [2.75, 3.05) is 0 Å². The zero-order chi connectivity index (χ0) is 12.8. The quantitative estimate of drug-likeness (QED) is 0.344. The van der Waals surface area contributed by atoms with Gasteiger partial charge in [0.05, 0.1) is 18.2 Å². The Morgan fingerprint density at radius 2 is 1.88 bits per heavy atom. The molecule has 0 aliphatic heterocycles. The van der Waals surface area contributed by atoms with Crippen molar-refractivity contribution in [3.63, 3.8) is 0 Å². The van der Waals surface area contributed by atoms with Crippen LogP contribution in [-0.4, -0.2) is 35.4 Å². The van der Waals surface area contributed by atoms with Gasteiger partial charge in [0.15, 0.2) is 0 Å². The van der Waals surface area contributed by atoms with Gasteiger partial charge >= 0.3 is 5.97 Å². The van der Waals surface area contributed by atoms with Crippen LogP contribution in [0, 0.1) is 0 Å². The molecule has 0 aromatic heterocycles. The van der Waals surface area contributed by atoms with Crippen LogP contribution in [0.4, 0.5) is 0 Å². The molecule has 4 atom stereocenters. The average molecular weight is 240 g/mol. The summed E-state index contributed by atoms with van der Waals surface area (Å²) in [5.74, 6) is -0.512. The highest BCUT2D eigenvalue weighted by Gasteiger charge is 2.37. The second-order valence-electron chi connectivity index (χ2n) is 3.73. The van der Waals surface area contributed by atoms with Crippen molar-refractivity contribution in [3.8, 4) is 0 Å². The monoisotopic (exact) mass is 240 g/mol. The van der Waals surface area contributed by atoms with Crippen LogP contribution in [0.2, 0.25) is 0 Å². The van der Waals surface area contributed by atoms with Gasteiger partial charge in [0.25, 0.3) is 0 Å². The van der Waals surface area contributed by atoms with Crippen molar-refractivity contribution in [1.82, 2.24) is 0 Å². The van der Waals surface area contributed by atoms with Crippen LogP contribution in [0.15, 0.2) is 10.2 Å². The summed E-state index contributed by atoms with van der Waals surface area (Å²) in [5, 5.41) is 16.6. The lowest BCUT2D eigenvalue weighted by Gasteiger charge is -2.34. The Bertz CT molecular complexity index is 387. The summed E-state index contributed by atoms with van der Waals surface area (Å²) in [6.45, 7) is 1.24. The van der Waals surface area contributed by atoms with Gasteiger partial charge in [0.2, 0.25) is 0 Å². The molecule has 0 unspecified atom stereocenters. The summed E-state index contributed by atoms with van der Waals surface area (Å²) >= 11 is 0. The first-order valence-corrected chi connectivity index (χ1v) is 5.02. The molecular formula is C8H12N6O3. The SMILES string of the molecule is CC(=O)O[C@@H]1C[C@H](O)[C@@H](N=[N+]=[N-])C[C@H]1N=[N+]=[N-]. The molecule has 0 aromatic carbocycles. The first-order chi connectivity index (χ1) is 8.08. The molecule has 92 valence electrons. The number of nitrogens with zero attached hydrogens (tertiary/aromatic N) is 6. The summed E-state index contributed by atoms with van der Waals surface area (Å²) in [6.07, 6.45) is -1.33. The van der Waals surface area contributed by atoms with E-state index in [-0.39, 0.29) is 12.8 Å². The normalized spacial score (nSPS) is 31.9. The predicted molar refractivity (Wildman–Crippen MR) is 56.7 cm³/mol. The minimum absolute atomic E-state index is 0.0902. The maximum absolute atomic E-state index is 10.9. The Balaban J connectivity index is 2.82. The van der Waals surface area contributed by atoms with Gasteiger partial charge in [-0.2, -0.15) is 0 Å². The number of hydrogen-bond donors (Lipinski definition) is 1. The van der Waals surface area contributed by atoms with Crippen LogP contribution < -0.4 is 0 Å². The molecule has 0 spiro atoms. The molecule has 0 amide bonds. The van der Waals surface area contributed by atoms with Crippen LogP contribution in [0.25, 0.3) is 20.9 Å². The van der Waals surface area contributed by atoms with Crippen LogP contribution in [0.3, 0.4) is 0 Å². The molecule has 1 N–H and O–H groups in total. The van der Waals surface area contributed by atoms with E-state index in [2.05, 4.69) is 20.1 Å². The highest BCUT2D eigenvalue weighted by molar-refractivity contribution is 5.66. The number of azide groups is 2. The number of hydrogen-bond acceptors (Lipinski definition) is 5. The van der Waals surface area contributed by atoms with E-state index in [0.717, 1.165) is 0 Å². The van der Waals surface area contributed by atoms with Gasteiger partial charge < -0.3 is 9.84 Å². The van der Waals surface area contributed by atoms with Crippen molar-refractivity contribution < 1.29 is 14.6 Å². The van der Waals surface area contributed by atoms with E-state index in [1.165, 1.54) is 6.92 Å². The molecule has 1 saturated carbocycles. The fourth-order valence-electron chi connectivity index (χ4n) is 1.83. The molecule has 0 radical (unpaired) electrons. The number of carbonyl (C=O) groups excluding carboxylic acids is 1. The number of aliphatic hydroxyl groups is 1. The van der Waals surface area contributed by atoms with E-state index in [9.17, 15) is 9.90 Å². The topological polar surface area (TPSA) is 144 Å². The lowest BCUT2D eigenvalue weighted by molar-refractivity contribution is -0.150. The number of esters is 1. The standard InChI is InChI=1S/C8H12N6O3/c1-4(15)17-8-3-7(16)5(11-13-9)2-6(8)12-14-10/h5-8,16H,2-3H2,1H3/t5-,6+,7-,8+/m0/s1. The fraction of sp³-hybridized carbons (Fsp3) is 0.875. The zero-order valence-electron chi connectivity index (χ0n) is 9.17. The second kappa shape index (κ2) is 5.95. The maximum Gasteiger partial charge on any atom is 0.302 e. The molecule has 9 nitrogen and oxygen atoms in total. The Morgan fingerprint density at radius 3 is 2.41 bits per heavy atom. The van der Waals surface area contributed by atoms with Gasteiger partial charge in [-0.05, 0) is 17.5 Å². The molecular weight excluding hydrogens is 228 g/mol. The fourth-order valence-corrected chi connectivity index (χ4v) is 1.83. The minimum Gasteiger partial charge on any atom is -0.462 e. The lowest BCUT2D eigenvalue weighted by atomic mass is 9.87. The third kappa shape index (κ3) is 3.53. The van der Waals surface area contributed by atoms with Crippen LogP contribution in [0.1, 0.15) is 19.8 Å². The molecule has 9 heteroatoms. The molecule has 0 bridgehead atoms. The van der Waals surface area contributed by atoms with Crippen LogP contribution in [-0.2, 0) is 9.53 Å². The van der Waals surface area contributed by atoms with Crippen LogP contribution >= 0.6 is 0 Å². The van der Waals surface area contributed by atoms with Crippen molar-refractivity contribution in [2.45, 2.75) is 44.1 Å². The van der Waals surface area contributed by atoms with Crippen molar-refractivity contribution in [2.24, 2.45) is 10.2 Å². The Kier molecular flexibility index (Phi) is 4.59. The molecule has 1 aliphatic rings. The number of rotatable bonds is 3. The Hall–Kier alpha value is -1.95. The minimum atomic E-state index is -0.902. The molecule has 1 fully saturated rings. The zero-order valence-corrected chi connectivity index (χ0v) is 9.17. The summed E-state index contributed by atoms with van der Waals surface area (Å²) in [7, 11) is 0. The van der Waals surface area contributed by atoms with E-state index in [1.807, 2.05) is 0 Å². The van der Waals surface area contributed by atoms with Crippen molar-refractivity contribution in [3.05, 3.63) is 20.9 Å². The number of carbonyl (C=O) groups is 1. The lowest BCUT2D eigenvalue weighted by Crippen LogP contribution is -2.44. The van der Waals surface area contributed by atoms with E-state index >= 15 is 0 Å². The van der Waals surface area contributed by atoms with Gasteiger partial charge in [0, 0.05) is 23.2 Å². The van der Waals surface area contributed by atoms with Gasteiger partial charge in [-0.15, -0.1) is 0 Å². The van der Waals surface area contributed by atoms with Gasteiger partial charge in [0.1, 0.15) is 6.10 Å². The average Bonchev–Trinajstić information content (AvgIpc) is 2.24. The van der Waals surface area contributed by atoms with E-state index in [4.69, 9.17) is 15.8 Å². The first-order valence-electron chi connectivity index (χ1n) is 5.02. The second-order valence-corrected chi connectivity index (χ2v) is 3.73. The summed E-state index contributed by atoms with van der Waals surface area (Å²) in [5.41, 5.74) is 16.7. The molecule has 0 saturated heterocycles. The molecule has 1 rings (SSSR count). The van der Waals surface area contributed by atoms with E-state index in [0.29, 0.717) is 0 Å². The van der Waals surface area contributed by atoms with Gasteiger partial charge in [-0.3, -0.25) is 4.79 Å². The maximum atomic E-state index is 10.9. The van der Waals surface area contributed by atoms with Crippen molar-refractivity contribution in [1.29, 1.82) is 0 Å². The van der Waals surface area contributed by atoms with Gasteiger partial charge in [-0.25, -0.2) is 0 Å². The van der Waals surface area contributed by atoms with E-state index in [1.54, 1.807) is 0 Å². The Labute approximate surface area is 96.6 Å². The third-order valence-corrected chi connectivity index (χ3v) is 2.55. The summed E-state index contributed by atoms with van der Waals surface area (Å²) in [4.78, 5) is 16.1. The Morgan fingerprint density at radius 1 is 1.29 bits per heavy atom. The van der Waals surface area contributed by atoms with Crippen LogP contribution in [0.5, 0.6) is 0 Å². The summed E-state index contributed by atoms with van der Waals surface area (Å²) < 4.78 is 4.95.